The molecule has 0 spiro atoms. The van der Waals surface area contributed by atoms with Crippen molar-refractivity contribution in [3.05, 3.63) is 35.5 Å². The van der Waals surface area contributed by atoms with Gasteiger partial charge in [-0.15, -0.1) is 0 Å². The van der Waals surface area contributed by atoms with Crippen LogP contribution in [0.5, 0.6) is 0 Å². The maximum absolute atomic E-state index is 2.38. The fourth-order valence-corrected chi connectivity index (χ4v) is 3.27. The van der Waals surface area contributed by atoms with Crippen LogP contribution in [-0.4, -0.2) is 8.80 Å². The summed E-state index contributed by atoms with van der Waals surface area (Å²) in [5.74, 6) is 0. The number of hydrogen-bond acceptors (Lipinski definition) is 0. The molecule has 0 N–H and O–H groups in total. The minimum atomic E-state index is -0.628. The Morgan fingerprint density at radius 2 is 2.00 bits per heavy atom. The second kappa shape index (κ2) is 2.10. The summed E-state index contributed by atoms with van der Waals surface area (Å²) in [6.45, 7) is 2.36. The van der Waals surface area contributed by atoms with E-state index in [2.05, 4.69) is 42.6 Å². The first-order chi connectivity index (χ1) is 4.88. The van der Waals surface area contributed by atoms with Crippen molar-refractivity contribution in [3.63, 3.8) is 0 Å². The van der Waals surface area contributed by atoms with Crippen LogP contribution < -0.4 is 5.19 Å². The van der Waals surface area contributed by atoms with Crippen molar-refractivity contribution in [1.29, 1.82) is 0 Å². The molecule has 1 aromatic rings. The molecule has 0 aliphatic carbocycles. The smallest absolute Gasteiger partial charge is 0.0918 e. The highest BCUT2D eigenvalue weighted by atomic mass is 28.3. The lowest BCUT2D eigenvalue weighted by atomic mass is 10.2. The highest BCUT2D eigenvalue weighted by molar-refractivity contribution is 6.79. The minimum absolute atomic E-state index is 0.628. The van der Waals surface area contributed by atoms with Gasteiger partial charge in [0.05, 0.1) is 8.80 Å². The van der Waals surface area contributed by atoms with Crippen molar-refractivity contribution in [2.75, 3.05) is 0 Å². The summed E-state index contributed by atoms with van der Waals surface area (Å²) in [5.41, 5.74) is 3.83. The molecular formula is C9H10Si. The van der Waals surface area contributed by atoms with E-state index >= 15 is 0 Å². The van der Waals surface area contributed by atoms with Crippen molar-refractivity contribution in [1.82, 2.24) is 0 Å². The van der Waals surface area contributed by atoms with E-state index in [-0.39, 0.29) is 0 Å². The average molecular weight is 146 g/mol. The first-order valence-electron chi connectivity index (χ1n) is 3.65. The lowest BCUT2D eigenvalue weighted by Crippen LogP contribution is -2.22. The molecule has 1 aromatic carbocycles. The van der Waals surface area contributed by atoms with Crippen LogP contribution in [0.15, 0.2) is 30.0 Å². The van der Waals surface area contributed by atoms with Gasteiger partial charge < -0.3 is 0 Å². The second-order valence-corrected chi connectivity index (χ2v) is 5.36. The molecule has 0 radical (unpaired) electrons. The molecule has 1 heteroatoms. The van der Waals surface area contributed by atoms with Gasteiger partial charge in [0.2, 0.25) is 0 Å². The predicted molar refractivity (Wildman–Crippen MR) is 48.1 cm³/mol. The Bertz CT molecular complexity index is 276. The maximum Gasteiger partial charge on any atom is 0.0918 e. The molecular weight excluding hydrogens is 136 g/mol. The van der Waals surface area contributed by atoms with E-state index in [1.54, 1.807) is 5.19 Å². The van der Waals surface area contributed by atoms with E-state index in [9.17, 15) is 0 Å². The highest BCUT2D eigenvalue weighted by Crippen LogP contribution is 2.08. The Kier molecular flexibility index (Phi) is 1.24. The van der Waals surface area contributed by atoms with Gasteiger partial charge in [0.1, 0.15) is 0 Å². The fraction of sp³-hybridized carbons (Fsp3) is 0.111. The number of rotatable bonds is 0. The summed E-state index contributed by atoms with van der Waals surface area (Å²) >= 11 is 0. The number of fused-ring (bicyclic) bond motifs is 1. The molecule has 50 valence electrons. The van der Waals surface area contributed by atoms with E-state index in [1.165, 1.54) is 5.56 Å². The fourth-order valence-electron chi connectivity index (χ4n) is 1.43. The monoisotopic (exact) mass is 146 g/mol. The van der Waals surface area contributed by atoms with E-state index in [1.807, 2.05) is 0 Å². The van der Waals surface area contributed by atoms with Gasteiger partial charge >= 0.3 is 0 Å². The predicted octanol–water partition coefficient (Wildman–Crippen LogP) is 1.32. The first-order valence-corrected chi connectivity index (χ1v) is 6.05. The van der Waals surface area contributed by atoms with E-state index in [0.717, 1.165) is 0 Å². The Morgan fingerprint density at radius 1 is 1.20 bits per heavy atom. The van der Waals surface area contributed by atoms with Crippen LogP contribution in [0.3, 0.4) is 0 Å². The second-order valence-electron chi connectivity index (χ2n) is 2.78. The standard InChI is InChI=1S/C9H10Si/c1-10-7-6-8-4-2-3-5-9(8)10/h2-7,10H,1H3/t10-/m1/s1. The van der Waals surface area contributed by atoms with Crippen molar-refractivity contribution in [3.8, 4) is 0 Å². The Morgan fingerprint density at radius 3 is 2.80 bits per heavy atom. The van der Waals surface area contributed by atoms with Crippen LogP contribution in [0.2, 0.25) is 6.55 Å². The van der Waals surface area contributed by atoms with Gasteiger partial charge in [-0.3, -0.25) is 0 Å². The van der Waals surface area contributed by atoms with Gasteiger partial charge in [-0.05, 0) is 5.56 Å². The summed E-state index contributed by atoms with van der Waals surface area (Å²) in [7, 11) is -0.628. The van der Waals surface area contributed by atoms with Gasteiger partial charge in [-0.25, -0.2) is 0 Å². The highest BCUT2D eigenvalue weighted by Gasteiger charge is 2.11. The average Bonchev–Trinajstić information content (AvgIpc) is 2.34. The lowest BCUT2D eigenvalue weighted by Gasteiger charge is -2.00. The molecule has 1 atom stereocenters. The van der Waals surface area contributed by atoms with Crippen molar-refractivity contribution in [2.24, 2.45) is 0 Å². The largest absolute Gasteiger partial charge is 0.0925 e. The Labute approximate surface area is 62.8 Å². The van der Waals surface area contributed by atoms with E-state index < -0.39 is 8.80 Å². The Hall–Kier alpha value is -0.823. The van der Waals surface area contributed by atoms with Gasteiger partial charge in [-0.2, -0.15) is 0 Å². The number of hydrogen-bond donors (Lipinski definition) is 0. The third-order valence-corrected chi connectivity index (χ3v) is 4.33. The van der Waals surface area contributed by atoms with Crippen molar-refractivity contribution >= 4 is 20.1 Å². The topological polar surface area (TPSA) is 0 Å². The van der Waals surface area contributed by atoms with Gasteiger partial charge in [0, 0.05) is 0 Å². The zero-order valence-electron chi connectivity index (χ0n) is 6.04. The summed E-state index contributed by atoms with van der Waals surface area (Å²) < 4.78 is 0. The molecule has 2 rings (SSSR count). The summed E-state index contributed by atoms with van der Waals surface area (Å²) in [4.78, 5) is 0. The molecule has 0 amide bonds. The van der Waals surface area contributed by atoms with Gasteiger partial charge in [0.25, 0.3) is 0 Å². The molecule has 0 fully saturated rings. The molecule has 0 aromatic heterocycles. The van der Waals surface area contributed by atoms with Crippen LogP contribution in [-0.2, 0) is 0 Å². The molecule has 1 aliphatic heterocycles. The van der Waals surface area contributed by atoms with Gasteiger partial charge in [-0.1, -0.05) is 47.8 Å². The van der Waals surface area contributed by atoms with Gasteiger partial charge in [0.15, 0.2) is 0 Å². The normalized spacial score (nSPS) is 21.1. The molecule has 0 saturated carbocycles. The minimum Gasteiger partial charge on any atom is -0.0925 e. The summed E-state index contributed by atoms with van der Waals surface area (Å²) in [6.07, 6.45) is 2.26. The molecule has 1 heterocycles. The SMILES string of the molecule is C[Si@@H]1C=Cc2ccccc21. The first kappa shape index (κ1) is 5.92. The van der Waals surface area contributed by atoms with E-state index in [4.69, 9.17) is 0 Å². The number of benzene rings is 1. The zero-order chi connectivity index (χ0) is 6.97. The van der Waals surface area contributed by atoms with Crippen molar-refractivity contribution in [2.45, 2.75) is 6.55 Å². The third kappa shape index (κ3) is 0.745. The summed E-state index contributed by atoms with van der Waals surface area (Å²) in [6, 6.07) is 8.69. The quantitative estimate of drug-likeness (QED) is 0.484. The molecule has 10 heavy (non-hydrogen) atoms. The zero-order valence-corrected chi connectivity index (χ0v) is 7.20. The Balaban J connectivity index is 2.59. The van der Waals surface area contributed by atoms with Crippen LogP contribution in [0.1, 0.15) is 5.56 Å². The van der Waals surface area contributed by atoms with Crippen LogP contribution in [0.25, 0.3) is 6.08 Å². The summed E-state index contributed by atoms with van der Waals surface area (Å²) in [5, 5.41) is 1.60. The molecule has 0 bridgehead atoms. The van der Waals surface area contributed by atoms with Crippen LogP contribution >= 0.6 is 0 Å². The molecule has 1 aliphatic rings. The molecule has 0 nitrogen and oxygen atoms in total. The third-order valence-electron chi connectivity index (χ3n) is 2.05. The molecule has 0 unspecified atom stereocenters. The lowest BCUT2D eigenvalue weighted by molar-refractivity contribution is 1.73. The molecule has 0 saturated heterocycles. The maximum atomic E-state index is 2.38. The van der Waals surface area contributed by atoms with Crippen molar-refractivity contribution < 1.29 is 0 Å². The van der Waals surface area contributed by atoms with Crippen LogP contribution in [0.4, 0.5) is 0 Å². The van der Waals surface area contributed by atoms with E-state index in [0.29, 0.717) is 0 Å². The van der Waals surface area contributed by atoms with Crippen LogP contribution in [0, 0.1) is 0 Å².